The number of nitrogens with zero attached hydrogens (tertiary/aromatic N) is 2. The predicted octanol–water partition coefficient (Wildman–Crippen LogP) is 4.30. The zero-order chi connectivity index (χ0) is 21.8. The third-order valence-electron chi connectivity index (χ3n) is 4.83. The third-order valence-corrected chi connectivity index (χ3v) is 6.02. The summed E-state index contributed by atoms with van der Waals surface area (Å²) in [4.78, 5) is 37.8. The van der Waals surface area contributed by atoms with E-state index >= 15 is 0 Å². The zero-order valence-corrected chi connectivity index (χ0v) is 18.2. The van der Waals surface area contributed by atoms with Gasteiger partial charge in [-0.3, -0.25) is 14.6 Å². The molecule has 1 aromatic carbocycles. The zero-order valence-electron chi connectivity index (χ0n) is 16.6. The molecule has 0 aliphatic carbocycles. The molecular weight excluding hydrogens is 432 g/mol. The first-order valence-corrected chi connectivity index (χ1v) is 10.9. The summed E-state index contributed by atoms with van der Waals surface area (Å²) in [7, 11) is 0. The Morgan fingerprint density at radius 1 is 1.19 bits per heavy atom. The fourth-order valence-electron chi connectivity index (χ4n) is 3.26. The van der Waals surface area contributed by atoms with Gasteiger partial charge in [0.15, 0.2) is 0 Å². The Morgan fingerprint density at radius 3 is 2.65 bits per heavy atom. The van der Waals surface area contributed by atoms with Crippen LogP contribution in [0.25, 0.3) is 11.4 Å². The molecule has 1 unspecified atom stereocenters. The molecule has 0 saturated heterocycles. The molecule has 0 spiro atoms. The number of aromatic nitrogens is 3. The van der Waals surface area contributed by atoms with Crippen LogP contribution in [0.15, 0.2) is 71.1 Å². The molecule has 0 fully saturated rings. The van der Waals surface area contributed by atoms with Crippen molar-refractivity contribution in [3.8, 4) is 11.4 Å². The van der Waals surface area contributed by atoms with E-state index in [1.165, 1.54) is 0 Å². The van der Waals surface area contributed by atoms with E-state index in [2.05, 4.69) is 20.3 Å². The highest BCUT2D eigenvalue weighted by atomic mass is 35.5. The first kappa shape index (κ1) is 21.0. The van der Waals surface area contributed by atoms with Crippen LogP contribution in [0.4, 0.5) is 0 Å². The number of carbonyl (C=O) groups is 1. The Hall–Kier alpha value is -3.29. The van der Waals surface area contributed by atoms with Crippen molar-refractivity contribution < 1.29 is 4.79 Å². The van der Waals surface area contributed by atoms with E-state index in [4.69, 9.17) is 11.6 Å². The number of aromatic amines is 1. The number of carbonyl (C=O) groups excluding carboxylic acids is 1. The molecule has 1 amide bonds. The molecular formula is C23H19ClN4O2S. The fraction of sp³-hybridized carbons (Fsp3) is 0.130. The van der Waals surface area contributed by atoms with E-state index in [9.17, 15) is 9.59 Å². The second-order valence-electron chi connectivity index (χ2n) is 6.96. The maximum absolute atomic E-state index is 12.9. The van der Waals surface area contributed by atoms with Crippen LogP contribution in [-0.2, 0) is 11.2 Å². The second-order valence-corrected chi connectivity index (χ2v) is 8.38. The number of H-pyrrole nitrogens is 1. The lowest BCUT2D eigenvalue weighted by Gasteiger charge is -2.18. The molecule has 4 aromatic rings. The number of aryl methyl sites for hydroxylation is 1. The van der Waals surface area contributed by atoms with Gasteiger partial charge in [0.1, 0.15) is 5.82 Å². The minimum absolute atomic E-state index is 0.0725. The van der Waals surface area contributed by atoms with Gasteiger partial charge in [-0.05, 0) is 48.2 Å². The lowest BCUT2D eigenvalue weighted by Crippen LogP contribution is -2.32. The van der Waals surface area contributed by atoms with Gasteiger partial charge in [0.05, 0.1) is 12.5 Å². The van der Waals surface area contributed by atoms with Gasteiger partial charge in [-0.2, -0.15) is 0 Å². The van der Waals surface area contributed by atoms with Gasteiger partial charge in [0.2, 0.25) is 5.91 Å². The van der Waals surface area contributed by atoms with Gasteiger partial charge in [0.25, 0.3) is 5.56 Å². The maximum atomic E-state index is 12.9. The molecule has 8 heteroatoms. The topological polar surface area (TPSA) is 87.7 Å². The molecule has 0 bridgehead atoms. The van der Waals surface area contributed by atoms with Crippen molar-refractivity contribution in [2.75, 3.05) is 0 Å². The Bertz CT molecular complexity index is 1240. The molecule has 0 saturated carbocycles. The lowest BCUT2D eigenvalue weighted by atomic mass is 10.0. The summed E-state index contributed by atoms with van der Waals surface area (Å²) in [6, 6.07) is 14.5. The number of pyridine rings is 1. The quantitative estimate of drug-likeness (QED) is 0.458. The minimum atomic E-state index is -0.333. The monoisotopic (exact) mass is 450 g/mol. The number of nitrogens with one attached hydrogen (secondary N) is 2. The van der Waals surface area contributed by atoms with Crippen molar-refractivity contribution in [1.82, 2.24) is 20.3 Å². The van der Waals surface area contributed by atoms with E-state index < -0.39 is 0 Å². The van der Waals surface area contributed by atoms with Gasteiger partial charge >= 0.3 is 0 Å². The van der Waals surface area contributed by atoms with Crippen LogP contribution >= 0.6 is 22.9 Å². The molecule has 4 rings (SSSR count). The molecule has 3 heterocycles. The van der Waals surface area contributed by atoms with E-state index in [0.717, 1.165) is 10.4 Å². The highest BCUT2D eigenvalue weighted by Crippen LogP contribution is 2.27. The van der Waals surface area contributed by atoms with Crippen LogP contribution in [-0.4, -0.2) is 20.9 Å². The maximum Gasteiger partial charge on any atom is 0.255 e. The fourth-order valence-corrected chi connectivity index (χ4v) is 4.19. The Kier molecular flexibility index (Phi) is 6.25. The molecule has 0 radical (unpaired) electrons. The predicted molar refractivity (Wildman–Crippen MR) is 122 cm³/mol. The van der Waals surface area contributed by atoms with Crippen molar-refractivity contribution in [2.45, 2.75) is 19.4 Å². The number of halogens is 1. The molecule has 31 heavy (non-hydrogen) atoms. The normalized spacial score (nSPS) is 11.8. The summed E-state index contributed by atoms with van der Waals surface area (Å²) in [6.45, 7) is 1.73. The number of rotatable bonds is 6. The molecule has 2 N–H and O–H groups in total. The molecule has 3 aromatic heterocycles. The average Bonchev–Trinajstić information content (AvgIpc) is 3.30. The summed E-state index contributed by atoms with van der Waals surface area (Å²) in [5.41, 5.74) is 2.14. The molecule has 0 aliphatic heterocycles. The van der Waals surface area contributed by atoms with Crippen LogP contribution in [0.3, 0.4) is 0 Å². The van der Waals surface area contributed by atoms with Crippen LogP contribution in [0.1, 0.15) is 27.7 Å². The first-order valence-electron chi connectivity index (χ1n) is 9.59. The molecule has 6 nitrogen and oxygen atoms in total. The van der Waals surface area contributed by atoms with Crippen molar-refractivity contribution >= 4 is 28.8 Å². The summed E-state index contributed by atoms with van der Waals surface area (Å²) >= 11 is 7.56. The van der Waals surface area contributed by atoms with Crippen LogP contribution < -0.4 is 10.9 Å². The number of amides is 1. The molecule has 0 aliphatic rings. The standard InChI is InChI=1S/C23H19ClN4O2S/c1-14-18(23(30)28-22(26-14)16-4-2-10-25-13-16)12-20(29)27-21(19-5-3-11-31-19)15-6-8-17(24)9-7-15/h2-11,13,21H,12H2,1H3,(H,27,29)(H,26,28,30). The number of thiophene rings is 1. The van der Waals surface area contributed by atoms with Crippen molar-refractivity contribution in [2.24, 2.45) is 0 Å². The van der Waals surface area contributed by atoms with Gasteiger partial charge < -0.3 is 10.3 Å². The lowest BCUT2D eigenvalue weighted by molar-refractivity contribution is -0.120. The summed E-state index contributed by atoms with van der Waals surface area (Å²) < 4.78 is 0. The van der Waals surface area contributed by atoms with E-state index in [1.54, 1.807) is 48.9 Å². The molecule has 156 valence electrons. The smallest absolute Gasteiger partial charge is 0.255 e. The SMILES string of the molecule is Cc1nc(-c2cccnc2)[nH]c(=O)c1CC(=O)NC(c1ccc(Cl)cc1)c1cccs1. The van der Waals surface area contributed by atoms with E-state index in [0.29, 0.717) is 27.7 Å². The van der Waals surface area contributed by atoms with Gasteiger partial charge in [-0.1, -0.05) is 29.8 Å². The highest BCUT2D eigenvalue weighted by Gasteiger charge is 2.20. The highest BCUT2D eigenvalue weighted by molar-refractivity contribution is 7.10. The van der Waals surface area contributed by atoms with Gasteiger partial charge in [-0.25, -0.2) is 4.98 Å². The first-order chi connectivity index (χ1) is 15.0. The van der Waals surface area contributed by atoms with E-state index in [-0.39, 0.29) is 23.9 Å². The number of hydrogen-bond donors (Lipinski definition) is 2. The Balaban J connectivity index is 1.57. The Morgan fingerprint density at radius 2 is 2.00 bits per heavy atom. The van der Waals surface area contributed by atoms with Crippen molar-refractivity contribution in [1.29, 1.82) is 0 Å². The second kappa shape index (κ2) is 9.24. The van der Waals surface area contributed by atoms with Crippen molar-refractivity contribution in [3.05, 3.63) is 103 Å². The van der Waals surface area contributed by atoms with Crippen LogP contribution in [0, 0.1) is 6.92 Å². The third kappa shape index (κ3) is 4.90. The van der Waals surface area contributed by atoms with Crippen molar-refractivity contribution in [3.63, 3.8) is 0 Å². The van der Waals surface area contributed by atoms with Crippen LogP contribution in [0.5, 0.6) is 0 Å². The Labute approximate surface area is 188 Å². The minimum Gasteiger partial charge on any atom is -0.344 e. The largest absolute Gasteiger partial charge is 0.344 e. The average molecular weight is 451 g/mol. The number of hydrogen-bond acceptors (Lipinski definition) is 5. The summed E-state index contributed by atoms with van der Waals surface area (Å²) in [6.07, 6.45) is 3.21. The van der Waals surface area contributed by atoms with Crippen LogP contribution in [0.2, 0.25) is 5.02 Å². The number of benzene rings is 1. The molecule has 1 atom stereocenters. The van der Waals surface area contributed by atoms with Gasteiger partial charge in [0, 0.05) is 39.1 Å². The van der Waals surface area contributed by atoms with E-state index in [1.807, 2.05) is 35.7 Å². The summed E-state index contributed by atoms with van der Waals surface area (Å²) in [5, 5.41) is 5.63. The summed E-state index contributed by atoms with van der Waals surface area (Å²) in [5.74, 6) is 0.162. The van der Waals surface area contributed by atoms with Gasteiger partial charge in [-0.15, -0.1) is 11.3 Å².